The molecule has 0 radical (unpaired) electrons. The van der Waals surface area contributed by atoms with Crippen LogP contribution >= 0.6 is 0 Å². The largest absolute Gasteiger partial charge is 0.306 e. The average Bonchev–Trinajstić information content (AvgIpc) is 3.14. The number of hydrogen-bond donors (Lipinski definition) is 0. The summed E-state index contributed by atoms with van der Waals surface area (Å²) in [5.41, 5.74) is 0.951. The molecule has 0 N–H and O–H groups in total. The first-order valence-corrected chi connectivity index (χ1v) is 8.08. The van der Waals surface area contributed by atoms with Crippen LogP contribution in [0, 0.1) is 16.0 Å². The van der Waals surface area contributed by atoms with Gasteiger partial charge in [-0.3, -0.25) is 14.9 Å². The Morgan fingerprint density at radius 2 is 2.12 bits per heavy atom. The fourth-order valence-corrected chi connectivity index (χ4v) is 2.95. The fourth-order valence-electron chi connectivity index (χ4n) is 2.95. The summed E-state index contributed by atoms with van der Waals surface area (Å²) in [5.74, 6) is -0.0875. The number of piperidine rings is 1. The maximum absolute atomic E-state index is 13.0. The number of carbonyl (C=O) groups excluding carboxylic acids is 1. The standard InChI is InChI=1S/C17H19N5O3/c1-20-7-5-14(6-8-20)17(23)16(21-12-18-11-19-21)10-13-3-2-4-15(9-13)22(24)25/h2-4,9-12,14H,5-8H2,1H3/b16-10-. The summed E-state index contributed by atoms with van der Waals surface area (Å²) >= 11 is 0. The van der Waals surface area contributed by atoms with Crippen LogP contribution in [0.25, 0.3) is 11.8 Å². The molecule has 1 aliphatic rings. The highest BCUT2D eigenvalue weighted by molar-refractivity contribution is 6.20. The number of rotatable bonds is 5. The van der Waals surface area contributed by atoms with Crippen molar-refractivity contribution in [3.05, 3.63) is 52.6 Å². The van der Waals surface area contributed by atoms with Gasteiger partial charge in [-0.15, -0.1) is 0 Å². The lowest BCUT2D eigenvalue weighted by atomic mass is 9.90. The van der Waals surface area contributed by atoms with Gasteiger partial charge in [0.05, 0.1) is 4.92 Å². The van der Waals surface area contributed by atoms with E-state index in [0.29, 0.717) is 11.3 Å². The first-order valence-electron chi connectivity index (χ1n) is 8.08. The molecule has 0 saturated carbocycles. The zero-order valence-corrected chi connectivity index (χ0v) is 13.9. The second kappa shape index (κ2) is 7.35. The quantitative estimate of drug-likeness (QED) is 0.469. The number of aromatic nitrogens is 3. The van der Waals surface area contributed by atoms with Gasteiger partial charge in [-0.05, 0) is 44.6 Å². The summed E-state index contributed by atoms with van der Waals surface area (Å²) in [6.07, 6.45) is 6.05. The van der Waals surface area contributed by atoms with Crippen LogP contribution < -0.4 is 0 Å². The van der Waals surface area contributed by atoms with E-state index in [1.165, 1.54) is 29.5 Å². The first-order chi connectivity index (χ1) is 12.0. The molecule has 25 heavy (non-hydrogen) atoms. The molecule has 3 rings (SSSR count). The molecular formula is C17H19N5O3. The molecule has 8 nitrogen and oxygen atoms in total. The van der Waals surface area contributed by atoms with Crippen molar-refractivity contribution >= 4 is 23.2 Å². The van der Waals surface area contributed by atoms with Gasteiger partial charge in [-0.2, -0.15) is 5.10 Å². The van der Waals surface area contributed by atoms with E-state index >= 15 is 0 Å². The van der Waals surface area contributed by atoms with Gasteiger partial charge in [-0.1, -0.05) is 12.1 Å². The highest BCUT2D eigenvalue weighted by atomic mass is 16.6. The Hall–Kier alpha value is -2.87. The average molecular weight is 341 g/mol. The minimum Gasteiger partial charge on any atom is -0.306 e. The lowest BCUT2D eigenvalue weighted by Gasteiger charge is -2.28. The van der Waals surface area contributed by atoms with Gasteiger partial charge in [-0.25, -0.2) is 9.67 Å². The molecular weight excluding hydrogens is 322 g/mol. The van der Waals surface area contributed by atoms with E-state index in [1.807, 2.05) is 7.05 Å². The van der Waals surface area contributed by atoms with Crippen molar-refractivity contribution in [1.82, 2.24) is 19.7 Å². The summed E-state index contributed by atoms with van der Waals surface area (Å²) < 4.78 is 1.43. The van der Waals surface area contributed by atoms with Crippen LogP contribution in [-0.4, -0.2) is 50.5 Å². The fraction of sp³-hybridized carbons (Fsp3) is 0.353. The maximum Gasteiger partial charge on any atom is 0.270 e. The lowest BCUT2D eigenvalue weighted by Crippen LogP contribution is -2.34. The Morgan fingerprint density at radius 1 is 1.36 bits per heavy atom. The van der Waals surface area contributed by atoms with Gasteiger partial charge in [0.25, 0.3) is 5.69 Å². The van der Waals surface area contributed by atoms with E-state index in [9.17, 15) is 14.9 Å². The van der Waals surface area contributed by atoms with Crippen LogP contribution in [0.5, 0.6) is 0 Å². The van der Waals surface area contributed by atoms with Crippen LogP contribution in [0.3, 0.4) is 0 Å². The molecule has 2 heterocycles. The van der Waals surface area contributed by atoms with Crippen LogP contribution in [0.4, 0.5) is 5.69 Å². The van der Waals surface area contributed by atoms with Gasteiger partial charge >= 0.3 is 0 Å². The van der Waals surface area contributed by atoms with E-state index in [4.69, 9.17) is 0 Å². The monoisotopic (exact) mass is 341 g/mol. The third-order valence-corrected chi connectivity index (χ3v) is 4.39. The molecule has 0 aliphatic carbocycles. The second-order valence-corrected chi connectivity index (χ2v) is 6.16. The molecule has 0 amide bonds. The van der Waals surface area contributed by atoms with Crippen molar-refractivity contribution in [3.8, 4) is 0 Å². The molecule has 0 bridgehead atoms. The highest BCUT2D eigenvalue weighted by Crippen LogP contribution is 2.24. The molecule has 1 aliphatic heterocycles. The van der Waals surface area contributed by atoms with Crippen molar-refractivity contribution in [2.75, 3.05) is 20.1 Å². The number of nitrogens with zero attached hydrogens (tertiary/aromatic N) is 5. The molecule has 2 aromatic rings. The Balaban J connectivity index is 1.94. The molecule has 0 spiro atoms. The second-order valence-electron chi connectivity index (χ2n) is 6.16. The van der Waals surface area contributed by atoms with Crippen LogP contribution in [0.15, 0.2) is 36.9 Å². The Labute approximate surface area is 144 Å². The van der Waals surface area contributed by atoms with Gasteiger partial charge in [0.15, 0.2) is 5.78 Å². The zero-order chi connectivity index (χ0) is 17.8. The Kier molecular flexibility index (Phi) is 4.99. The summed E-state index contributed by atoms with van der Waals surface area (Å²) in [6.45, 7) is 1.75. The Morgan fingerprint density at radius 3 is 2.76 bits per heavy atom. The third kappa shape index (κ3) is 3.97. The summed E-state index contributed by atoms with van der Waals surface area (Å²) in [6, 6.07) is 6.19. The number of nitro groups is 1. The predicted octanol–water partition coefficient (Wildman–Crippen LogP) is 2.10. The van der Waals surface area contributed by atoms with E-state index < -0.39 is 4.92 Å². The summed E-state index contributed by atoms with van der Waals surface area (Å²) in [5, 5.41) is 15.0. The van der Waals surface area contributed by atoms with Gasteiger partial charge in [0.2, 0.25) is 0 Å². The van der Waals surface area contributed by atoms with Crippen LogP contribution in [0.2, 0.25) is 0 Å². The van der Waals surface area contributed by atoms with E-state index in [-0.39, 0.29) is 17.4 Å². The van der Waals surface area contributed by atoms with Crippen molar-refractivity contribution in [2.24, 2.45) is 5.92 Å². The number of ketones is 1. The number of nitro benzene ring substituents is 1. The highest BCUT2D eigenvalue weighted by Gasteiger charge is 2.27. The molecule has 0 atom stereocenters. The summed E-state index contributed by atoms with van der Waals surface area (Å²) in [4.78, 5) is 29.6. The number of non-ortho nitro benzene ring substituents is 1. The number of benzene rings is 1. The number of carbonyl (C=O) groups is 1. The van der Waals surface area contributed by atoms with E-state index in [1.54, 1.807) is 18.2 Å². The SMILES string of the molecule is CN1CCC(C(=O)/C(=C/c2cccc([N+](=O)[O-])c2)n2cncn2)CC1. The number of likely N-dealkylation sites (tertiary alicyclic amines) is 1. The van der Waals surface area contributed by atoms with E-state index in [0.717, 1.165) is 25.9 Å². The van der Waals surface area contributed by atoms with Crippen molar-refractivity contribution in [3.63, 3.8) is 0 Å². The van der Waals surface area contributed by atoms with Crippen LogP contribution in [0.1, 0.15) is 18.4 Å². The van der Waals surface area contributed by atoms with Crippen LogP contribution in [-0.2, 0) is 4.79 Å². The predicted molar refractivity (Wildman–Crippen MR) is 92.5 cm³/mol. The molecule has 8 heteroatoms. The zero-order valence-electron chi connectivity index (χ0n) is 13.9. The lowest BCUT2D eigenvalue weighted by molar-refractivity contribution is -0.384. The van der Waals surface area contributed by atoms with Crippen molar-refractivity contribution in [1.29, 1.82) is 0 Å². The molecule has 0 unspecified atom stereocenters. The topological polar surface area (TPSA) is 94.2 Å². The normalized spacial score (nSPS) is 16.8. The third-order valence-electron chi connectivity index (χ3n) is 4.39. The number of allylic oxidation sites excluding steroid dienone is 1. The maximum atomic E-state index is 13.0. The van der Waals surface area contributed by atoms with Gasteiger partial charge in [0, 0.05) is 18.1 Å². The first kappa shape index (κ1) is 17.0. The van der Waals surface area contributed by atoms with Gasteiger partial charge in [0.1, 0.15) is 18.4 Å². The van der Waals surface area contributed by atoms with Crippen molar-refractivity contribution < 1.29 is 9.72 Å². The smallest absolute Gasteiger partial charge is 0.270 e. The van der Waals surface area contributed by atoms with Crippen molar-refractivity contribution in [2.45, 2.75) is 12.8 Å². The number of Topliss-reactive ketones (excluding diaryl/α,β-unsaturated/α-hetero) is 1. The minimum absolute atomic E-state index is 0.00916. The minimum atomic E-state index is -0.453. The Bertz CT molecular complexity index is 792. The molecule has 1 saturated heterocycles. The molecule has 1 aromatic heterocycles. The molecule has 1 aromatic carbocycles. The summed E-state index contributed by atoms with van der Waals surface area (Å²) in [7, 11) is 2.04. The molecule has 1 fully saturated rings. The van der Waals surface area contributed by atoms with E-state index in [2.05, 4.69) is 15.0 Å². The molecule has 130 valence electrons. The van der Waals surface area contributed by atoms with Gasteiger partial charge < -0.3 is 4.90 Å². The number of hydrogen-bond acceptors (Lipinski definition) is 6.